The molecule has 2 aromatic rings. The van der Waals surface area contributed by atoms with Crippen molar-refractivity contribution in [2.45, 2.75) is 19.5 Å². The van der Waals surface area contributed by atoms with Crippen molar-refractivity contribution < 1.29 is 9.84 Å². The first-order valence-corrected chi connectivity index (χ1v) is 7.98. The Balaban J connectivity index is 2.03. The summed E-state index contributed by atoms with van der Waals surface area (Å²) in [7, 11) is 3.78. The third-order valence-corrected chi connectivity index (χ3v) is 3.76. The topological polar surface area (TPSA) is 44.7 Å². The van der Waals surface area contributed by atoms with Gasteiger partial charge in [0.05, 0.1) is 12.8 Å². The van der Waals surface area contributed by atoms with E-state index >= 15 is 0 Å². The van der Waals surface area contributed by atoms with Crippen LogP contribution in [0.1, 0.15) is 17.5 Å². The fraction of sp³-hybridized carbons (Fsp3) is 0.368. The third kappa shape index (κ3) is 5.27. The molecule has 4 heteroatoms. The lowest BCUT2D eigenvalue weighted by atomic mass is 10.1. The average molecular weight is 314 g/mol. The van der Waals surface area contributed by atoms with E-state index in [0.717, 1.165) is 37.5 Å². The summed E-state index contributed by atoms with van der Waals surface area (Å²) in [5.74, 6) is 0.880. The molecular formula is C19H26N2O2. The number of nitrogens with zero attached hydrogens (tertiary/aromatic N) is 1. The predicted octanol–water partition coefficient (Wildman–Crippen LogP) is 2.80. The fourth-order valence-electron chi connectivity index (χ4n) is 2.53. The van der Waals surface area contributed by atoms with E-state index in [1.807, 2.05) is 6.07 Å². The molecule has 2 N–H and O–H groups in total. The summed E-state index contributed by atoms with van der Waals surface area (Å²) < 4.78 is 5.56. The number of aliphatic hydroxyl groups is 1. The summed E-state index contributed by atoms with van der Waals surface area (Å²) in [5.41, 5.74) is 3.53. The Morgan fingerprint density at radius 3 is 2.57 bits per heavy atom. The normalized spacial score (nSPS) is 10.6. The summed E-state index contributed by atoms with van der Waals surface area (Å²) in [6, 6.07) is 16.7. The van der Waals surface area contributed by atoms with Gasteiger partial charge in [-0.1, -0.05) is 36.4 Å². The third-order valence-electron chi connectivity index (χ3n) is 3.76. The number of rotatable bonds is 9. The van der Waals surface area contributed by atoms with Gasteiger partial charge in [-0.25, -0.2) is 0 Å². The van der Waals surface area contributed by atoms with Crippen LogP contribution in [-0.2, 0) is 13.1 Å². The Labute approximate surface area is 138 Å². The largest absolute Gasteiger partial charge is 0.495 e. The lowest BCUT2D eigenvalue weighted by Gasteiger charge is -2.22. The maximum atomic E-state index is 8.80. The molecule has 0 unspecified atom stereocenters. The van der Waals surface area contributed by atoms with Crippen molar-refractivity contribution in [3.05, 3.63) is 59.7 Å². The number of benzene rings is 2. The van der Waals surface area contributed by atoms with Crippen molar-refractivity contribution >= 4 is 5.69 Å². The zero-order valence-corrected chi connectivity index (χ0v) is 14.0. The highest BCUT2D eigenvalue weighted by atomic mass is 16.5. The number of hydrogen-bond donors (Lipinski definition) is 2. The van der Waals surface area contributed by atoms with Crippen molar-refractivity contribution in [3.8, 4) is 5.75 Å². The van der Waals surface area contributed by atoms with Crippen molar-refractivity contribution in [1.29, 1.82) is 0 Å². The maximum absolute atomic E-state index is 8.80. The lowest BCUT2D eigenvalue weighted by molar-refractivity contribution is 0.286. The van der Waals surface area contributed by atoms with E-state index in [4.69, 9.17) is 9.84 Å². The molecule has 0 aliphatic carbocycles. The van der Waals surface area contributed by atoms with Gasteiger partial charge in [-0.2, -0.15) is 0 Å². The van der Waals surface area contributed by atoms with Gasteiger partial charge in [0.1, 0.15) is 5.75 Å². The van der Waals surface area contributed by atoms with Crippen molar-refractivity contribution in [2.75, 3.05) is 32.2 Å². The van der Waals surface area contributed by atoms with E-state index in [-0.39, 0.29) is 6.61 Å². The average Bonchev–Trinajstić information content (AvgIpc) is 2.59. The van der Waals surface area contributed by atoms with Gasteiger partial charge in [-0.05, 0) is 36.2 Å². The van der Waals surface area contributed by atoms with Gasteiger partial charge in [0.15, 0.2) is 0 Å². The fourth-order valence-corrected chi connectivity index (χ4v) is 2.53. The minimum atomic E-state index is 0.222. The van der Waals surface area contributed by atoms with Crippen LogP contribution in [0.2, 0.25) is 0 Å². The number of ether oxygens (including phenoxy) is 1. The second-order valence-electron chi connectivity index (χ2n) is 5.60. The number of aliphatic hydroxyl groups excluding tert-OH is 1. The minimum absolute atomic E-state index is 0.222. The molecule has 0 radical (unpaired) electrons. The van der Waals surface area contributed by atoms with E-state index in [9.17, 15) is 0 Å². The lowest BCUT2D eigenvalue weighted by Crippen LogP contribution is -2.18. The van der Waals surface area contributed by atoms with Crippen LogP contribution in [-0.4, -0.2) is 32.4 Å². The zero-order valence-electron chi connectivity index (χ0n) is 14.0. The molecule has 4 nitrogen and oxygen atoms in total. The highest BCUT2D eigenvalue weighted by Gasteiger charge is 2.09. The summed E-state index contributed by atoms with van der Waals surface area (Å²) in [6.45, 7) is 2.65. The Morgan fingerprint density at radius 1 is 1.09 bits per heavy atom. The van der Waals surface area contributed by atoms with E-state index < -0.39 is 0 Å². The van der Waals surface area contributed by atoms with Gasteiger partial charge in [0, 0.05) is 26.7 Å². The number of hydrogen-bond acceptors (Lipinski definition) is 4. The van der Waals surface area contributed by atoms with Gasteiger partial charge in [0.2, 0.25) is 0 Å². The molecule has 0 atom stereocenters. The van der Waals surface area contributed by atoms with Gasteiger partial charge in [-0.3, -0.25) is 0 Å². The Morgan fingerprint density at radius 2 is 1.87 bits per heavy atom. The van der Waals surface area contributed by atoms with Gasteiger partial charge < -0.3 is 20.1 Å². The molecule has 23 heavy (non-hydrogen) atoms. The highest BCUT2D eigenvalue weighted by molar-refractivity contribution is 5.59. The first-order chi connectivity index (χ1) is 11.2. The van der Waals surface area contributed by atoms with E-state index in [0.29, 0.717) is 0 Å². The molecule has 0 amide bonds. The maximum Gasteiger partial charge on any atom is 0.142 e. The van der Waals surface area contributed by atoms with Crippen molar-refractivity contribution in [2.24, 2.45) is 0 Å². The molecule has 2 aromatic carbocycles. The smallest absolute Gasteiger partial charge is 0.142 e. The van der Waals surface area contributed by atoms with Crippen LogP contribution in [0.25, 0.3) is 0 Å². The minimum Gasteiger partial charge on any atom is -0.495 e. The van der Waals surface area contributed by atoms with Crippen LogP contribution < -0.4 is 15.0 Å². The Hall–Kier alpha value is -2.04. The molecule has 0 spiro atoms. The Bertz CT molecular complexity index is 587. The van der Waals surface area contributed by atoms with Gasteiger partial charge in [0.25, 0.3) is 0 Å². The number of anilines is 1. The quantitative estimate of drug-likeness (QED) is 0.699. The summed E-state index contributed by atoms with van der Waals surface area (Å²) in [6.07, 6.45) is 0.773. The van der Waals surface area contributed by atoms with Crippen LogP contribution in [0, 0.1) is 0 Å². The molecule has 0 saturated heterocycles. The number of methoxy groups -OCH3 is 1. The Kier molecular flexibility index (Phi) is 6.91. The van der Waals surface area contributed by atoms with Crippen LogP contribution in [0.4, 0.5) is 5.69 Å². The summed E-state index contributed by atoms with van der Waals surface area (Å²) >= 11 is 0. The zero-order chi connectivity index (χ0) is 16.5. The first kappa shape index (κ1) is 17.3. The van der Waals surface area contributed by atoms with Gasteiger partial charge in [-0.15, -0.1) is 0 Å². The molecule has 0 aliphatic heterocycles. The molecule has 0 heterocycles. The van der Waals surface area contributed by atoms with E-state index in [1.54, 1.807) is 7.11 Å². The number of nitrogens with one attached hydrogen (secondary N) is 1. The molecule has 0 fully saturated rings. The van der Waals surface area contributed by atoms with E-state index in [1.165, 1.54) is 11.1 Å². The SMILES string of the molecule is COc1cc(CNCCCO)ccc1N(C)Cc1ccccc1. The monoisotopic (exact) mass is 314 g/mol. The van der Waals surface area contributed by atoms with E-state index in [2.05, 4.69) is 59.7 Å². The van der Waals surface area contributed by atoms with Crippen LogP contribution in [0.5, 0.6) is 5.75 Å². The standard InChI is InChI=1S/C19H26N2O2/c1-21(15-16-7-4-3-5-8-16)18-10-9-17(13-19(18)23-2)14-20-11-6-12-22/h3-5,7-10,13,20,22H,6,11-12,14-15H2,1-2H3. The molecule has 0 aliphatic rings. The molecule has 0 aromatic heterocycles. The van der Waals surface area contributed by atoms with Gasteiger partial charge >= 0.3 is 0 Å². The van der Waals surface area contributed by atoms with Crippen LogP contribution >= 0.6 is 0 Å². The molecule has 124 valence electrons. The summed E-state index contributed by atoms with van der Waals surface area (Å²) in [5, 5.41) is 12.1. The molecule has 0 saturated carbocycles. The van der Waals surface area contributed by atoms with Crippen molar-refractivity contribution in [3.63, 3.8) is 0 Å². The second-order valence-corrected chi connectivity index (χ2v) is 5.60. The molecular weight excluding hydrogens is 288 g/mol. The van der Waals surface area contributed by atoms with Crippen LogP contribution in [0.3, 0.4) is 0 Å². The molecule has 2 rings (SSSR count). The highest BCUT2D eigenvalue weighted by Crippen LogP contribution is 2.29. The molecule has 0 bridgehead atoms. The predicted molar refractivity (Wildman–Crippen MR) is 95.0 cm³/mol. The van der Waals surface area contributed by atoms with Crippen LogP contribution in [0.15, 0.2) is 48.5 Å². The first-order valence-electron chi connectivity index (χ1n) is 7.98. The second kappa shape index (κ2) is 9.18. The summed E-state index contributed by atoms with van der Waals surface area (Å²) in [4.78, 5) is 2.19. The van der Waals surface area contributed by atoms with Crippen molar-refractivity contribution in [1.82, 2.24) is 5.32 Å².